The molecule has 0 spiro atoms. The molecule has 1 aromatic rings. The maximum Gasteiger partial charge on any atom is 0.425 e. The summed E-state index contributed by atoms with van der Waals surface area (Å²) >= 11 is 0. The Balaban J connectivity index is 1.81. The van der Waals surface area contributed by atoms with E-state index in [1.165, 1.54) is 4.90 Å². The van der Waals surface area contributed by atoms with Crippen LogP contribution in [-0.4, -0.2) is 64.1 Å². The summed E-state index contributed by atoms with van der Waals surface area (Å²) in [6.45, 7) is 5.30. The summed E-state index contributed by atoms with van der Waals surface area (Å²) < 4.78 is 43.5. The first kappa shape index (κ1) is 17.6. The van der Waals surface area contributed by atoms with Gasteiger partial charge in [-0.25, -0.2) is 4.79 Å². The van der Waals surface area contributed by atoms with E-state index in [1.54, 1.807) is 4.68 Å². The number of carbonyl (C=O) groups is 1. The third-order valence-corrected chi connectivity index (χ3v) is 3.85. The van der Waals surface area contributed by atoms with Gasteiger partial charge in [0.2, 0.25) is 0 Å². The van der Waals surface area contributed by atoms with Crippen molar-refractivity contribution in [2.45, 2.75) is 32.7 Å². The average Bonchev–Trinajstić information content (AvgIpc) is 2.76. The van der Waals surface area contributed by atoms with E-state index in [-0.39, 0.29) is 0 Å². The van der Waals surface area contributed by atoms with Gasteiger partial charge in [-0.05, 0) is 19.9 Å². The number of ether oxygens (including phenoxy) is 1. The number of halogens is 3. The highest BCUT2D eigenvalue weighted by Crippen LogP contribution is 2.23. The quantitative estimate of drug-likeness (QED) is 0.848. The van der Waals surface area contributed by atoms with Crippen LogP contribution in [0.5, 0.6) is 0 Å². The summed E-state index contributed by atoms with van der Waals surface area (Å²) in [4.78, 5) is 15.2. The molecule has 2 rings (SSSR count). The molecule has 1 fully saturated rings. The molecule has 130 valence electrons. The number of rotatable bonds is 3. The number of hydrogen-bond acceptors (Lipinski definition) is 4. The van der Waals surface area contributed by atoms with Crippen LogP contribution >= 0.6 is 0 Å². The van der Waals surface area contributed by atoms with Crippen molar-refractivity contribution in [2.24, 2.45) is 7.05 Å². The molecule has 0 bridgehead atoms. The fourth-order valence-electron chi connectivity index (χ4n) is 2.42. The highest BCUT2D eigenvalue weighted by Gasteiger charge is 2.40. The Hall–Kier alpha value is -1.77. The lowest BCUT2D eigenvalue weighted by atomic mass is 10.3. The zero-order valence-corrected chi connectivity index (χ0v) is 13.4. The monoisotopic (exact) mass is 334 g/mol. The molecule has 0 N–H and O–H groups in total. The molecule has 0 radical (unpaired) electrons. The van der Waals surface area contributed by atoms with E-state index in [4.69, 9.17) is 0 Å². The summed E-state index contributed by atoms with van der Waals surface area (Å²) in [6, 6.07) is 1.99. The Morgan fingerprint density at radius 2 is 1.96 bits per heavy atom. The Kier molecular flexibility index (Phi) is 5.18. The van der Waals surface area contributed by atoms with E-state index in [1.807, 2.05) is 20.0 Å². The van der Waals surface area contributed by atoms with Gasteiger partial charge in [0, 0.05) is 39.8 Å². The lowest BCUT2D eigenvalue weighted by Crippen LogP contribution is -2.49. The molecule has 1 aliphatic heterocycles. The minimum Gasteiger partial charge on any atom is -0.437 e. The molecule has 0 aromatic carbocycles. The first-order valence-corrected chi connectivity index (χ1v) is 7.41. The molecule has 1 saturated heterocycles. The lowest BCUT2D eigenvalue weighted by molar-refractivity contribution is -0.200. The second kappa shape index (κ2) is 6.77. The van der Waals surface area contributed by atoms with Crippen LogP contribution in [-0.2, 0) is 18.3 Å². The van der Waals surface area contributed by atoms with Gasteiger partial charge in [0.05, 0.1) is 11.4 Å². The SMILES string of the molecule is Cc1cc(CN2CCN(C(=O)OC(C)C(F)(F)F)CC2)n(C)n1. The minimum atomic E-state index is -4.53. The van der Waals surface area contributed by atoms with Crippen molar-refractivity contribution in [3.63, 3.8) is 0 Å². The molecule has 1 amide bonds. The van der Waals surface area contributed by atoms with E-state index in [9.17, 15) is 18.0 Å². The molecular weight excluding hydrogens is 313 g/mol. The highest BCUT2D eigenvalue weighted by molar-refractivity contribution is 5.68. The van der Waals surface area contributed by atoms with Crippen LogP contribution < -0.4 is 0 Å². The number of aromatic nitrogens is 2. The van der Waals surface area contributed by atoms with Gasteiger partial charge in [-0.1, -0.05) is 0 Å². The molecule has 0 saturated carbocycles. The number of carbonyl (C=O) groups excluding carboxylic acids is 1. The van der Waals surface area contributed by atoms with Crippen molar-refractivity contribution in [2.75, 3.05) is 26.2 Å². The van der Waals surface area contributed by atoms with Crippen LogP contribution in [0.4, 0.5) is 18.0 Å². The van der Waals surface area contributed by atoms with E-state index < -0.39 is 18.4 Å². The smallest absolute Gasteiger partial charge is 0.425 e. The molecule has 1 unspecified atom stereocenters. The third kappa shape index (κ3) is 4.60. The van der Waals surface area contributed by atoms with Crippen LogP contribution in [0.15, 0.2) is 6.07 Å². The van der Waals surface area contributed by atoms with Gasteiger partial charge in [-0.15, -0.1) is 0 Å². The Labute approximate surface area is 132 Å². The van der Waals surface area contributed by atoms with Crippen molar-refractivity contribution in [1.29, 1.82) is 0 Å². The Bertz CT molecular complexity index is 551. The van der Waals surface area contributed by atoms with Gasteiger partial charge in [-0.2, -0.15) is 18.3 Å². The second-order valence-corrected chi connectivity index (χ2v) is 5.73. The van der Waals surface area contributed by atoms with Crippen molar-refractivity contribution in [3.8, 4) is 0 Å². The summed E-state index contributed by atoms with van der Waals surface area (Å²) in [5, 5.41) is 4.27. The predicted octanol–water partition coefficient (Wildman–Crippen LogP) is 1.93. The first-order valence-electron chi connectivity index (χ1n) is 7.41. The number of hydrogen-bond donors (Lipinski definition) is 0. The van der Waals surface area contributed by atoms with Crippen LogP contribution in [0, 0.1) is 6.92 Å². The van der Waals surface area contributed by atoms with Crippen molar-refractivity contribution in [3.05, 3.63) is 17.5 Å². The van der Waals surface area contributed by atoms with Crippen molar-refractivity contribution < 1.29 is 22.7 Å². The molecule has 9 heteroatoms. The molecular formula is C14H21F3N4O2. The van der Waals surface area contributed by atoms with Crippen LogP contribution in [0.3, 0.4) is 0 Å². The van der Waals surface area contributed by atoms with Gasteiger partial charge < -0.3 is 9.64 Å². The number of alkyl halides is 3. The fourth-order valence-corrected chi connectivity index (χ4v) is 2.42. The fraction of sp³-hybridized carbons (Fsp3) is 0.714. The molecule has 6 nitrogen and oxygen atoms in total. The first-order chi connectivity index (χ1) is 10.7. The van der Waals surface area contributed by atoms with Gasteiger partial charge in [-0.3, -0.25) is 9.58 Å². The van der Waals surface area contributed by atoms with Crippen LogP contribution in [0.1, 0.15) is 18.3 Å². The number of nitrogens with zero attached hydrogens (tertiary/aromatic N) is 4. The molecule has 1 atom stereocenters. The Morgan fingerprint density at radius 3 is 2.43 bits per heavy atom. The summed E-state index contributed by atoms with van der Waals surface area (Å²) in [7, 11) is 1.87. The summed E-state index contributed by atoms with van der Waals surface area (Å²) in [6.07, 6.45) is -7.54. The van der Waals surface area contributed by atoms with Crippen molar-refractivity contribution in [1.82, 2.24) is 19.6 Å². The van der Waals surface area contributed by atoms with E-state index in [0.29, 0.717) is 32.7 Å². The zero-order chi connectivity index (χ0) is 17.2. The molecule has 23 heavy (non-hydrogen) atoms. The average molecular weight is 334 g/mol. The summed E-state index contributed by atoms with van der Waals surface area (Å²) in [5.41, 5.74) is 2.00. The second-order valence-electron chi connectivity index (χ2n) is 5.73. The lowest BCUT2D eigenvalue weighted by Gasteiger charge is -2.34. The van der Waals surface area contributed by atoms with Gasteiger partial charge in [0.15, 0.2) is 6.10 Å². The maximum absolute atomic E-state index is 12.4. The van der Waals surface area contributed by atoms with Crippen LogP contribution in [0.2, 0.25) is 0 Å². The molecule has 0 aliphatic carbocycles. The minimum absolute atomic E-state index is 0.347. The molecule has 1 aromatic heterocycles. The molecule has 2 heterocycles. The summed E-state index contributed by atoms with van der Waals surface area (Å²) in [5.74, 6) is 0. The highest BCUT2D eigenvalue weighted by atomic mass is 19.4. The Morgan fingerprint density at radius 1 is 1.35 bits per heavy atom. The number of piperazine rings is 1. The van der Waals surface area contributed by atoms with Crippen molar-refractivity contribution >= 4 is 6.09 Å². The van der Waals surface area contributed by atoms with Gasteiger partial charge in [0.25, 0.3) is 0 Å². The van der Waals surface area contributed by atoms with Gasteiger partial charge in [0.1, 0.15) is 0 Å². The number of aryl methyl sites for hydroxylation is 2. The zero-order valence-electron chi connectivity index (χ0n) is 13.4. The largest absolute Gasteiger partial charge is 0.437 e. The van der Waals surface area contributed by atoms with E-state index in [0.717, 1.165) is 18.3 Å². The molecule has 1 aliphatic rings. The maximum atomic E-state index is 12.4. The van der Waals surface area contributed by atoms with E-state index >= 15 is 0 Å². The van der Waals surface area contributed by atoms with Crippen LogP contribution in [0.25, 0.3) is 0 Å². The normalized spacial score (nSPS) is 18.1. The predicted molar refractivity (Wildman–Crippen MR) is 76.8 cm³/mol. The standard InChI is InChI=1S/C14H21F3N4O2/c1-10-8-12(19(3)18-10)9-20-4-6-21(7-5-20)13(22)23-11(2)14(15,16)17/h8,11H,4-7,9H2,1-3H3. The topological polar surface area (TPSA) is 50.6 Å². The third-order valence-electron chi connectivity index (χ3n) is 3.85. The number of amides is 1. The van der Waals surface area contributed by atoms with Gasteiger partial charge >= 0.3 is 12.3 Å². The van der Waals surface area contributed by atoms with E-state index in [2.05, 4.69) is 14.7 Å².